The van der Waals surface area contributed by atoms with Crippen molar-refractivity contribution in [3.63, 3.8) is 0 Å². The molecule has 0 bridgehead atoms. The number of rotatable bonds is 0. The highest BCUT2D eigenvalue weighted by Gasteiger charge is 2.58. The molecular weight excluding hydrogens is 260 g/mol. The van der Waals surface area contributed by atoms with E-state index in [4.69, 9.17) is 1.37 Å². The quantitative estimate of drug-likeness (QED) is 0.672. The van der Waals surface area contributed by atoms with Crippen LogP contribution in [0.1, 0.15) is 66.6 Å². The molecule has 0 heterocycles. The zero-order valence-electron chi connectivity index (χ0n) is 14.2. The van der Waals surface area contributed by atoms with Crippen LogP contribution in [0.25, 0.3) is 0 Å². The predicted octanol–water partition coefficient (Wildman–Crippen LogP) is 4.09. The summed E-state index contributed by atoms with van der Waals surface area (Å²) in [4.78, 5) is 24.2. The number of ketones is 2. The number of fused-ring (bicyclic) bond motifs is 5. The molecule has 0 aromatic carbocycles. The summed E-state index contributed by atoms with van der Waals surface area (Å²) >= 11 is 0. The highest BCUT2D eigenvalue weighted by Crippen LogP contribution is 2.64. The van der Waals surface area contributed by atoms with E-state index in [2.05, 4.69) is 13.8 Å². The van der Waals surface area contributed by atoms with E-state index in [1.54, 1.807) is 6.08 Å². The Labute approximate surface area is 128 Å². The van der Waals surface area contributed by atoms with Crippen molar-refractivity contribution in [1.82, 2.24) is 0 Å². The van der Waals surface area contributed by atoms with E-state index in [9.17, 15) is 9.59 Å². The lowest BCUT2D eigenvalue weighted by molar-refractivity contribution is -0.132. The van der Waals surface area contributed by atoms with Gasteiger partial charge in [0.05, 0.1) is 0 Å². The molecule has 0 amide bonds. The zero-order chi connectivity index (χ0) is 15.7. The lowest BCUT2D eigenvalue weighted by Gasteiger charge is -2.56. The largest absolute Gasteiger partial charge is 0.299 e. The van der Waals surface area contributed by atoms with E-state index in [1.807, 2.05) is 0 Å². The lowest BCUT2D eigenvalue weighted by atomic mass is 9.47. The maximum Gasteiger partial charge on any atom is 0.155 e. The Morgan fingerprint density at radius 3 is 2.62 bits per heavy atom. The van der Waals surface area contributed by atoms with Crippen molar-refractivity contribution < 1.29 is 11.0 Å². The van der Waals surface area contributed by atoms with Gasteiger partial charge >= 0.3 is 0 Å². The van der Waals surface area contributed by atoms with Gasteiger partial charge in [0.2, 0.25) is 0 Å². The van der Waals surface area contributed by atoms with Gasteiger partial charge in [0.15, 0.2) is 5.78 Å². The molecule has 4 aliphatic rings. The fourth-order valence-electron chi connectivity index (χ4n) is 6.07. The number of carbonyl (C=O) groups is 2. The van der Waals surface area contributed by atoms with Crippen LogP contribution in [-0.2, 0) is 9.59 Å². The monoisotopic (exact) mass is 287 g/mol. The van der Waals surface area contributed by atoms with Crippen LogP contribution in [0.4, 0.5) is 0 Å². The molecule has 114 valence electrons. The van der Waals surface area contributed by atoms with Crippen molar-refractivity contribution in [3.05, 3.63) is 11.6 Å². The fourth-order valence-corrected chi connectivity index (χ4v) is 6.07. The lowest BCUT2D eigenvalue weighted by Crippen LogP contribution is -2.50. The SMILES string of the molecule is [2H][C@@H]1CC2C(CC[C@]3(C)C(=O)CCC23)[C@@]2(C)CCC(=O)C=C12. The highest BCUT2D eigenvalue weighted by atomic mass is 16.1. The first-order valence-electron chi connectivity index (χ1n) is 9.14. The van der Waals surface area contributed by atoms with Gasteiger partial charge in [-0.05, 0) is 67.7 Å². The number of hydrogen-bond acceptors (Lipinski definition) is 2. The zero-order valence-corrected chi connectivity index (χ0v) is 13.2. The Morgan fingerprint density at radius 1 is 1.05 bits per heavy atom. The van der Waals surface area contributed by atoms with Gasteiger partial charge in [-0.3, -0.25) is 9.59 Å². The number of allylic oxidation sites excluding steroid dienone is 1. The van der Waals surface area contributed by atoms with Gasteiger partial charge in [-0.2, -0.15) is 0 Å². The molecule has 6 atom stereocenters. The summed E-state index contributed by atoms with van der Waals surface area (Å²) in [5.41, 5.74) is 0.997. The third-order valence-electron chi connectivity index (χ3n) is 7.44. The molecule has 4 aliphatic carbocycles. The van der Waals surface area contributed by atoms with E-state index in [0.717, 1.165) is 44.1 Å². The first-order chi connectivity index (χ1) is 10.4. The van der Waals surface area contributed by atoms with Crippen molar-refractivity contribution in [2.24, 2.45) is 28.6 Å². The van der Waals surface area contributed by atoms with Crippen LogP contribution in [0.5, 0.6) is 0 Å². The summed E-state index contributed by atoms with van der Waals surface area (Å²) in [5.74, 6) is 2.21. The van der Waals surface area contributed by atoms with Gasteiger partial charge in [0.25, 0.3) is 0 Å². The van der Waals surface area contributed by atoms with Crippen LogP contribution >= 0.6 is 0 Å². The van der Waals surface area contributed by atoms with Gasteiger partial charge in [0.1, 0.15) is 5.78 Å². The van der Waals surface area contributed by atoms with Crippen LogP contribution in [0.15, 0.2) is 11.6 Å². The van der Waals surface area contributed by atoms with Crippen LogP contribution in [-0.4, -0.2) is 11.6 Å². The molecular formula is C19H26O2. The predicted molar refractivity (Wildman–Crippen MR) is 81.7 cm³/mol. The Kier molecular flexibility index (Phi) is 2.58. The second-order valence-electron chi connectivity index (χ2n) is 8.22. The number of carbonyl (C=O) groups excluding carboxylic acids is 2. The number of Topliss-reactive ketones (excluding diaryl/α,β-unsaturated/α-hetero) is 1. The van der Waals surface area contributed by atoms with Crippen LogP contribution in [0.3, 0.4) is 0 Å². The van der Waals surface area contributed by atoms with Gasteiger partial charge in [-0.15, -0.1) is 0 Å². The Bertz CT molecular complexity index is 580. The second kappa shape index (κ2) is 4.30. The Hall–Kier alpha value is -0.920. The van der Waals surface area contributed by atoms with Gasteiger partial charge in [-0.1, -0.05) is 19.4 Å². The van der Waals surface area contributed by atoms with Gasteiger partial charge in [0, 0.05) is 19.6 Å². The Morgan fingerprint density at radius 2 is 1.81 bits per heavy atom. The number of hydrogen-bond donors (Lipinski definition) is 0. The van der Waals surface area contributed by atoms with Crippen LogP contribution in [0.2, 0.25) is 0 Å². The van der Waals surface area contributed by atoms with Gasteiger partial charge < -0.3 is 0 Å². The molecule has 0 aromatic heterocycles. The van der Waals surface area contributed by atoms with Crippen molar-refractivity contribution in [3.8, 4) is 0 Å². The van der Waals surface area contributed by atoms with Crippen LogP contribution < -0.4 is 0 Å². The molecule has 21 heavy (non-hydrogen) atoms. The highest BCUT2D eigenvalue weighted by molar-refractivity contribution is 5.91. The molecule has 4 rings (SSSR count). The molecule has 0 spiro atoms. The summed E-state index contributed by atoms with van der Waals surface area (Å²) in [7, 11) is 0. The molecule has 2 heteroatoms. The summed E-state index contributed by atoms with van der Waals surface area (Å²) in [6.07, 6.45) is 7.83. The standard InChI is InChI=1S/C19H26O2/c1-18-9-7-13(20)11-12(18)3-4-14-15-5-6-17(21)19(15,2)10-8-16(14)18/h11,14-16H,3-10H2,1-2H3/t14?,15?,16?,18-,19-/m0/s1/i3D/t3-,14?,15?,16?,18+,19+/m1. The van der Waals surface area contributed by atoms with E-state index >= 15 is 0 Å². The summed E-state index contributed by atoms with van der Waals surface area (Å²) in [6.45, 7) is 4.48. The third kappa shape index (κ3) is 1.71. The third-order valence-corrected chi connectivity index (χ3v) is 7.44. The first kappa shape index (κ1) is 12.6. The maximum atomic E-state index is 12.4. The van der Waals surface area contributed by atoms with Crippen molar-refractivity contribution in [1.29, 1.82) is 0 Å². The topological polar surface area (TPSA) is 34.1 Å². The van der Waals surface area contributed by atoms with Crippen molar-refractivity contribution >= 4 is 11.6 Å². The summed E-state index contributed by atoms with van der Waals surface area (Å²) in [6, 6.07) is 0. The average molecular weight is 287 g/mol. The maximum absolute atomic E-state index is 12.4. The molecule has 3 fully saturated rings. The van der Waals surface area contributed by atoms with Gasteiger partial charge in [-0.25, -0.2) is 0 Å². The molecule has 0 N–H and O–H groups in total. The average Bonchev–Trinajstić information content (AvgIpc) is 2.77. The molecule has 2 nitrogen and oxygen atoms in total. The second-order valence-corrected chi connectivity index (χ2v) is 8.22. The molecule has 0 aromatic rings. The minimum Gasteiger partial charge on any atom is -0.299 e. The summed E-state index contributed by atoms with van der Waals surface area (Å²) in [5, 5.41) is 0. The molecule has 0 saturated heterocycles. The molecule has 0 aliphatic heterocycles. The van der Waals surface area contributed by atoms with Crippen molar-refractivity contribution in [2.75, 3.05) is 0 Å². The van der Waals surface area contributed by atoms with E-state index in [-0.39, 0.29) is 23.0 Å². The Balaban J connectivity index is 1.74. The minimum atomic E-state index is -0.242. The fraction of sp³-hybridized carbons (Fsp3) is 0.789. The minimum absolute atomic E-state index is 0.0240. The molecule has 3 saturated carbocycles. The molecule has 3 unspecified atom stereocenters. The first-order valence-corrected chi connectivity index (χ1v) is 8.57. The van der Waals surface area contributed by atoms with E-state index in [1.165, 1.54) is 0 Å². The smallest absolute Gasteiger partial charge is 0.155 e. The van der Waals surface area contributed by atoms with E-state index < -0.39 is 0 Å². The molecule has 0 radical (unpaired) electrons. The van der Waals surface area contributed by atoms with Crippen molar-refractivity contribution in [2.45, 2.75) is 65.2 Å². The van der Waals surface area contributed by atoms with E-state index in [0.29, 0.717) is 30.0 Å². The van der Waals surface area contributed by atoms with Crippen LogP contribution in [0, 0.1) is 28.6 Å². The normalized spacial score (nSPS) is 53.4. The summed E-state index contributed by atoms with van der Waals surface area (Å²) < 4.78 is 8.59.